The van der Waals surface area contributed by atoms with Gasteiger partial charge >= 0.3 is 18.0 Å². The minimum Gasteiger partial charge on any atom is -0.444 e. The van der Waals surface area contributed by atoms with Crippen molar-refractivity contribution >= 4 is 33.7 Å². The molecule has 2 aromatic carbocycles. The molecule has 1 fully saturated rings. The second-order valence-corrected chi connectivity index (χ2v) is 15.1. The molecule has 0 aliphatic carbocycles. The number of ether oxygens (including phenoxy) is 3. The summed E-state index contributed by atoms with van der Waals surface area (Å²) >= 11 is 0. The molecule has 0 bridgehead atoms. The summed E-state index contributed by atoms with van der Waals surface area (Å²) in [5.74, 6) is -1.63. The number of carbonyl (C=O) groups excluding carboxylic acids is 1. The fraction of sp³-hybridized carbons (Fsp3) is 0.531. The van der Waals surface area contributed by atoms with Gasteiger partial charge in [0.25, 0.3) is 0 Å². The molecule has 47 heavy (non-hydrogen) atoms. The van der Waals surface area contributed by atoms with Crippen LogP contribution in [0.4, 0.5) is 32.6 Å². The summed E-state index contributed by atoms with van der Waals surface area (Å²) < 4.78 is 90.9. The van der Waals surface area contributed by atoms with E-state index in [1.165, 1.54) is 17.7 Å². The number of carbonyl (C=O) groups is 1. The molecule has 4 atom stereocenters. The number of piperazine rings is 1. The highest BCUT2D eigenvalue weighted by atomic mass is 32.2. The number of amides is 1. The number of aromatic nitrogens is 2. The van der Waals surface area contributed by atoms with E-state index in [2.05, 4.69) is 4.98 Å². The Balaban J connectivity index is 1.70. The smallest absolute Gasteiger partial charge is 0.416 e. The van der Waals surface area contributed by atoms with Crippen molar-refractivity contribution in [1.82, 2.24) is 14.5 Å². The van der Waals surface area contributed by atoms with Gasteiger partial charge in [-0.1, -0.05) is 0 Å². The highest BCUT2D eigenvalue weighted by molar-refractivity contribution is 8.17. The molecule has 1 saturated heterocycles. The lowest BCUT2D eigenvalue weighted by Gasteiger charge is -2.45. The Kier molecular flexibility index (Phi) is 9.82. The van der Waals surface area contributed by atoms with Gasteiger partial charge in [0.2, 0.25) is 0 Å². The van der Waals surface area contributed by atoms with Crippen LogP contribution in [0.25, 0.3) is 10.9 Å². The molecule has 2 aliphatic rings. The van der Waals surface area contributed by atoms with Crippen molar-refractivity contribution < 1.29 is 41.0 Å². The minimum absolute atomic E-state index is 0.0319. The van der Waals surface area contributed by atoms with Gasteiger partial charge in [-0.05, 0) is 58.9 Å². The Labute approximate surface area is 271 Å². The SMILES string of the molecule is COCCO[C@@H]1Cn2c(=O)nc(N3C[C@@H](C)N(C(=O)OC(C)(C)C)[C@@H](C)C3)c3cc(C(F)(F)F)cc(c32)[SH](c2ccc(F)cc2F)C1. The van der Waals surface area contributed by atoms with Crippen LogP contribution >= 0.6 is 10.9 Å². The number of hydrogen-bond acceptors (Lipinski definition) is 7. The van der Waals surface area contributed by atoms with Crippen LogP contribution in [0.3, 0.4) is 0 Å². The molecule has 2 aliphatic heterocycles. The predicted octanol–water partition coefficient (Wildman–Crippen LogP) is 5.99. The first-order valence-electron chi connectivity index (χ1n) is 15.2. The number of halogens is 5. The number of rotatable bonds is 6. The third-order valence-electron chi connectivity index (χ3n) is 8.09. The zero-order valence-corrected chi connectivity index (χ0v) is 27.9. The number of hydrogen-bond donors (Lipinski definition) is 1. The van der Waals surface area contributed by atoms with Crippen LogP contribution in [0, 0.1) is 11.6 Å². The molecule has 0 N–H and O–H groups in total. The number of nitrogens with zero attached hydrogens (tertiary/aromatic N) is 4. The van der Waals surface area contributed by atoms with Crippen LogP contribution < -0.4 is 10.6 Å². The van der Waals surface area contributed by atoms with Gasteiger partial charge in [-0.3, -0.25) is 9.47 Å². The molecule has 0 radical (unpaired) electrons. The summed E-state index contributed by atoms with van der Waals surface area (Å²) in [6.07, 6.45) is -6.03. The van der Waals surface area contributed by atoms with E-state index in [4.69, 9.17) is 14.2 Å². The quantitative estimate of drug-likeness (QED) is 0.194. The molecule has 1 unspecified atom stereocenters. The zero-order valence-electron chi connectivity index (χ0n) is 27.0. The van der Waals surface area contributed by atoms with Gasteiger partial charge in [-0.2, -0.15) is 29.1 Å². The summed E-state index contributed by atoms with van der Waals surface area (Å²) in [6, 6.07) is 4.04. The third-order valence-corrected chi connectivity index (χ3v) is 10.7. The van der Waals surface area contributed by atoms with Gasteiger partial charge in [-0.15, -0.1) is 0 Å². The number of anilines is 1. The Morgan fingerprint density at radius 1 is 1.00 bits per heavy atom. The van der Waals surface area contributed by atoms with Crippen molar-refractivity contribution in [2.24, 2.45) is 0 Å². The van der Waals surface area contributed by atoms with E-state index < -0.39 is 69.8 Å². The van der Waals surface area contributed by atoms with E-state index in [-0.39, 0.29) is 65.1 Å². The van der Waals surface area contributed by atoms with Crippen molar-refractivity contribution in [3.63, 3.8) is 0 Å². The Morgan fingerprint density at radius 2 is 1.68 bits per heavy atom. The van der Waals surface area contributed by atoms with Crippen molar-refractivity contribution in [3.05, 3.63) is 58.0 Å². The molecule has 15 heteroatoms. The van der Waals surface area contributed by atoms with Crippen molar-refractivity contribution in [1.29, 1.82) is 0 Å². The monoisotopic (exact) mass is 686 g/mol. The lowest BCUT2D eigenvalue weighted by atomic mass is 10.1. The Hall–Kier alpha value is -3.43. The maximum Gasteiger partial charge on any atom is 0.416 e. The van der Waals surface area contributed by atoms with Crippen molar-refractivity contribution in [3.8, 4) is 0 Å². The standard InChI is InChI=1S/C32H39F5N4O5S/c1-18-14-39(15-19(2)41(18)30(43)46-31(3,4)5)28-23-11-20(32(35,36)37)12-26-27(23)40(29(42)38-28)16-22(45-10-9-44-6)17-47(26)25-8-7-21(33)13-24(25)34/h7-8,11-13,18-19,22,47H,9-10,14-17H2,1-6H3/t18-,19+,22-/m1/s1. The van der Waals surface area contributed by atoms with Gasteiger partial charge in [0, 0.05) is 47.2 Å². The Morgan fingerprint density at radius 3 is 2.28 bits per heavy atom. The lowest BCUT2D eigenvalue weighted by Crippen LogP contribution is -2.59. The first kappa shape index (κ1) is 34.9. The van der Waals surface area contributed by atoms with Crippen LogP contribution in [-0.4, -0.2) is 83.5 Å². The van der Waals surface area contributed by atoms with Crippen LogP contribution in [0.1, 0.15) is 40.2 Å². The maximum absolute atomic E-state index is 15.4. The summed E-state index contributed by atoms with van der Waals surface area (Å²) in [5.41, 5.74) is -2.24. The second-order valence-electron chi connectivity index (χ2n) is 12.9. The second kappa shape index (κ2) is 13.2. The van der Waals surface area contributed by atoms with Gasteiger partial charge in [-0.25, -0.2) is 18.4 Å². The number of methoxy groups -OCH3 is 1. The van der Waals surface area contributed by atoms with Gasteiger partial charge in [0.05, 0.1) is 49.0 Å². The average molecular weight is 687 g/mol. The topological polar surface area (TPSA) is 86.1 Å². The van der Waals surface area contributed by atoms with E-state index in [0.717, 1.165) is 18.2 Å². The van der Waals surface area contributed by atoms with E-state index in [9.17, 15) is 27.2 Å². The number of benzene rings is 2. The summed E-state index contributed by atoms with van der Waals surface area (Å²) in [5, 5.41) is 0.0621. The number of alkyl halides is 3. The van der Waals surface area contributed by atoms with E-state index in [1.807, 2.05) is 0 Å². The predicted molar refractivity (Wildman–Crippen MR) is 169 cm³/mol. The summed E-state index contributed by atoms with van der Waals surface area (Å²) in [4.78, 5) is 34.6. The molecule has 3 aromatic rings. The molecule has 9 nitrogen and oxygen atoms in total. The highest BCUT2D eigenvalue weighted by Crippen LogP contribution is 2.52. The summed E-state index contributed by atoms with van der Waals surface area (Å²) in [7, 11) is -0.444. The maximum atomic E-state index is 15.4. The van der Waals surface area contributed by atoms with Crippen molar-refractivity contribution in [2.45, 2.75) is 80.9 Å². The van der Waals surface area contributed by atoms with Crippen molar-refractivity contribution in [2.75, 3.05) is 44.1 Å². The fourth-order valence-electron chi connectivity index (χ4n) is 6.23. The van der Waals surface area contributed by atoms with E-state index in [0.29, 0.717) is 6.07 Å². The van der Waals surface area contributed by atoms with Gasteiger partial charge in [0.15, 0.2) is 0 Å². The lowest BCUT2D eigenvalue weighted by molar-refractivity contribution is -0.137. The van der Waals surface area contributed by atoms with Crippen LogP contribution in [-0.2, 0) is 26.9 Å². The molecule has 5 rings (SSSR count). The van der Waals surface area contributed by atoms with Gasteiger partial charge < -0.3 is 19.1 Å². The minimum atomic E-state index is -4.79. The molecule has 0 spiro atoms. The first-order chi connectivity index (χ1) is 22.0. The molecular weight excluding hydrogens is 647 g/mol. The molecule has 0 saturated carbocycles. The van der Waals surface area contributed by atoms with E-state index >= 15 is 4.39 Å². The molecule has 3 heterocycles. The van der Waals surface area contributed by atoms with E-state index in [1.54, 1.807) is 44.4 Å². The molecular formula is C32H39F5N4O5S. The molecule has 1 amide bonds. The van der Waals surface area contributed by atoms with Crippen LogP contribution in [0.15, 0.2) is 44.9 Å². The first-order valence-corrected chi connectivity index (χ1v) is 16.8. The largest absolute Gasteiger partial charge is 0.444 e. The highest BCUT2D eigenvalue weighted by Gasteiger charge is 2.39. The van der Waals surface area contributed by atoms with Crippen LogP contribution in [0.5, 0.6) is 0 Å². The van der Waals surface area contributed by atoms with Crippen LogP contribution in [0.2, 0.25) is 0 Å². The normalized spacial score (nSPS) is 22.8. The number of thiol groups is 1. The molecule has 1 aromatic heterocycles. The average Bonchev–Trinajstić information content (AvgIpc) is 3.11. The van der Waals surface area contributed by atoms with Gasteiger partial charge in [0.1, 0.15) is 23.1 Å². The fourth-order valence-corrected chi connectivity index (χ4v) is 8.88. The zero-order chi connectivity index (χ0) is 34.4. The molecule has 258 valence electrons. The summed E-state index contributed by atoms with van der Waals surface area (Å²) in [6.45, 7) is 9.45. The Bertz CT molecular complexity index is 1700. The third kappa shape index (κ3) is 7.36.